The van der Waals surface area contributed by atoms with E-state index in [-0.39, 0.29) is 0 Å². The summed E-state index contributed by atoms with van der Waals surface area (Å²) in [5.74, 6) is 0. The second kappa shape index (κ2) is 2.76. The highest BCUT2D eigenvalue weighted by Gasteiger charge is 2.12. The van der Waals surface area contributed by atoms with Crippen LogP contribution in [0.25, 0.3) is 0 Å². The number of nitrogens with one attached hydrogen (secondary N) is 1. The second-order valence-corrected chi connectivity index (χ2v) is 9.05. The fraction of sp³-hybridized carbons (Fsp3) is 0.429. The molecule has 1 rings (SSSR count). The van der Waals surface area contributed by atoms with Gasteiger partial charge in [-0.2, -0.15) is 0 Å². The average Bonchev–Trinajstić information content (AvgIpc) is 2.12. The van der Waals surface area contributed by atoms with Gasteiger partial charge in [0.1, 0.15) is 8.24 Å². The first-order chi connectivity index (χ1) is 4.58. The Balaban J connectivity index is 2.57. The van der Waals surface area contributed by atoms with Crippen molar-refractivity contribution in [1.82, 2.24) is 0 Å². The molecule has 0 saturated carbocycles. The van der Waals surface area contributed by atoms with E-state index >= 15 is 0 Å². The van der Waals surface area contributed by atoms with Gasteiger partial charge in [-0.25, -0.2) is 0 Å². The van der Waals surface area contributed by atoms with Crippen LogP contribution in [0.3, 0.4) is 0 Å². The third-order valence-electron chi connectivity index (χ3n) is 1.02. The van der Waals surface area contributed by atoms with Crippen LogP contribution in [0.2, 0.25) is 19.6 Å². The van der Waals surface area contributed by atoms with Crippen molar-refractivity contribution in [1.29, 1.82) is 0 Å². The maximum atomic E-state index is 3.52. The number of rotatable bonds is 2. The van der Waals surface area contributed by atoms with Crippen LogP contribution in [0.15, 0.2) is 17.5 Å². The predicted molar refractivity (Wildman–Crippen MR) is 51.3 cm³/mol. The van der Waals surface area contributed by atoms with Gasteiger partial charge in [0.2, 0.25) is 0 Å². The third-order valence-corrected chi connectivity index (χ3v) is 3.01. The summed E-state index contributed by atoms with van der Waals surface area (Å²) in [7, 11) is -1.10. The van der Waals surface area contributed by atoms with Crippen molar-refractivity contribution in [2.24, 2.45) is 0 Å². The molecule has 56 valence electrons. The molecule has 1 N–H and O–H groups in total. The molecule has 0 bridgehead atoms. The fourth-order valence-corrected chi connectivity index (χ4v) is 3.16. The SMILES string of the molecule is C[Si](C)(C)Nc1cccs1. The summed E-state index contributed by atoms with van der Waals surface area (Å²) in [6.07, 6.45) is 0. The molecule has 0 amide bonds. The van der Waals surface area contributed by atoms with Crippen LogP contribution < -0.4 is 4.98 Å². The standard InChI is InChI=1S/C7H13NSSi/c1-10(2,3)8-7-5-4-6-9-7/h4-6,8H,1-3H3. The Kier molecular flexibility index (Phi) is 2.16. The lowest BCUT2D eigenvalue weighted by Gasteiger charge is -2.17. The molecule has 0 atom stereocenters. The predicted octanol–water partition coefficient (Wildman–Crippen LogP) is 2.99. The van der Waals surface area contributed by atoms with E-state index in [4.69, 9.17) is 0 Å². The summed E-state index contributed by atoms with van der Waals surface area (Å²) in [5, 5.41) is 3.40. The molecule has 1 aromatic rings. The molecule has 0 saturated heterocycles. The summed E-state index contributed by atoms with van der Waals surface area (Å²) in [6.45, 7) is 6.90. The molecule has 1 nitrogen and oxygen atoms in total. The monoisotopic (exact) mass is 171 g/mol. The van der Waals surface area contributed by atoms with Gasteiger partial charge in [-0.1, -0.05) is 19.6 Å². The van der Waals surface area contributed by atoms with E-state index in [1.807, 2.05) is 0 Å². The number of thiophene rings is 1. The molecule has 0 radical (unpaired) electrons. The number of anilines is 1. The highest BCUT2D eigenvalue weighted by Crippen LogP contribution is 2.18. The molecule has 0 aliphatic carbocycles. The van der Waals surface area contributed by atoms with Gasteiger partial charge in [0, 0.05) is 0 Å². The Morgan fingerprint density at radius 2 is 2.10 bits per heavy atom. The maximum absolute atomic E-state index is 3.52. The van der Waals surface area contributed by atoms with Crippen molar-refractivity contribution < 1.29 is 0 Å². The van der Waals surface area contributed by atoms with Crippen molar-refractivity contribution >= 4 is 24.6 Å². The normalized spacial score (nSPS) is 11.5. The zero-order valence-electron chi connectivity index (χ0n) is 6.64. The lowest BCUT2D eigenvalue weighted by atomic mass is 10.6. The van der Waals surface area contributed by atoms with Crippen molar-refractivity contribution in [2.75, 3.05) is 4.98 Å². The molecule has 0 aromatic carbocycles. The van der Waals surface area contributed by atoms with Gasteiger partial charge in [0.15, 0.2) is 0 Å². The molecule has 10 heavy (non-hydrogen) atoms. The molecule has 0 aliphatic heterocycles. The second-order valence-electron chi connectivity index (χ2n) is 3.35. The minimum Gasteiger partial charge on any atom is -0.403 e. The van der Waals surface area contributed by atoms with Gasteiger partial charge >= 0.3 is 0 Å². The minimum atomic E-state index is -1.10. The molecule has 0 fully saturated rings. The average molecular weight is 171 g/mol. The molecule has 1 heterocycles. The Morgan fingerprint density at radius 1 is 1.40 bits per heavy atom. The number of hydrogen-bond acceptors (Lipinski definition) is 2. The van der Waals surface area contributed by atoms with E-state index in [9.17, 15) is 0 Å². The Labute approximate surface area is 67.2 Å². The molecular formula is C7H13NSSi. The Bertz CT molecular complexity index is 188. The van der Waals surface area contributed by atoms with Gasteiger partial charge in [0.05, 0.1) is 5.00 Å². The lowest BCUT2D eigenvalue weighted by Crippen LogP contribution is -2.31. The van der Waals surface area contributed by atoms with E-state index in [1.165, 1.54) is 5.00 Å². The van der Waals surface area contributed by atoms with Crippen LogP contribution in [-0.4, -0.2) is 8.24 Å². The van der Waals surface area contributed by atoms with E-state index in [1.54, 1.807) is 11.3 Å². The van der Waals surface area contributed by atoms with E-state index in [0.717, 1.165) is 0 Å². The molecule has 3 heteroatoms. The van der Waals surface area contributed by atoms with E-state index in [2.05, 4.69) is 42.1 Å². The van der Waals surface area contributed by atoms with Gasteiger partial charge in [-0.3, -0.25) is 0 Å². The van der Waals surface area contributed by atoms with Crippen molar-refractivity contribution in [3.8, 4) is 0 Å². The van der Waals surface area contributed by atoms with Gasteiger partial charge < -0.3 is 4.98 Å². The van der Waals surface area contributed by atoms with Crippen LogP contribution in [-0.2, 0) is 0 Å². The fourth-order valence-electron chi connectivity index (χ4n) is 0.719. The first-order valence-corrected chi connectivity index (χ1v) is 7.77. The van der Waals surface area contributed by atoms with Crippen LogP contribution >= 0.6 is 11.3 Å². The maximum Gasteiger partial charge on any atom is 0.145 e. The zero-order valence-corrected chi connectivity index (χ0v) is 8.46. The molecule has 0 aliphatic rings. The lowest BCUT2D eigenvalue weighted by molar-refractivity contribution is 1.64. The van der Waals surface area contributed by atoms with Gasteiger partial charge in [-0.05, 0) is 17.5 Å². The minimum absolute atomic E-state index is 1.10. The molecule has 0 spiro atoms. The summed E-state index contributed by atoms with van der Waals surface area (Å²) in [4.78, 5) is 3.52. The summed E-state index contributed by atoms with van der Waals surface area (Å²) in [5.41, 5.74) is 0. The smallest absolute Gasteiger partial charge is 0.145 e. The number of hydrogen-bond donors (Lipinski definition) is 1. The molecular weight excluding hydrogens is 158 g/mol. The van der Waals surface area contributed by atoms with E-state index < -0.39 is 8.24 Å². The van der Waals surface area contributed by atoms with Crippen molar-refractivity contribution in [3.05, 3.63) is 17.5 Å². The van der Waals surface area contributed by atoms with Crippen LogP contribution in [0, 0.1) is 0 Å². The zero-order chi connectivity index (χ0) is 7.61. The van der Waals surface area contributed by atoms with Crippen LogP contribution in [0.5, 0.6) is 0 Å². The van der Waals surface area contributed by atoms with Crippen LogP contribution in [0.1, 0.15) is 0 Å². The summed E-state index contributed by atoms with van der Waals surface area (Å²) in [6, 6.07) is 4.20. The van der Waals surface area contributed by atoms with Crippen molar-refractivity contribution in [2.45, 2.75) is 19.6 Å². The quantitative estimate of drug-likeness (QED) is 0.675. The van der Waals surface area contributed by atoms with E-state index in [0.29, 0.717) is 0 Å². The summed E-state index contributed by atoms with van der Waals surface area (Å²) < 4.78 is 0. The molecule has 1 aromatic heterocycles. The molecule has 0 unspecified atom stereocenters. The Hall–Kier alpha value is -0.283. The van der Waals surface area contributed by atoms with Crippen molar-refractivity contribution in [3.63, 3.8) is 0 Å². The van der Waals surface area contributed by atoms with Gasteiger partial charge in [-0.15, -0.1) is 11.3 Å². The highest BCUT2D eigenvalue weighted by molar-refractivity contribution is 7.15. The first-order valence-electron chi connectivity index (χ1n) is 3.40. The largest absolute Gasteiger partial charge is 0.403 e. The summed E-state index contributed by atoms with van der Waals surface area (Å²) >= 11 is 1.77. The van der Waals surface area contributed by atoms with Crippen LogP contribution in [0.4, 0.5) is 5.00 Å². The highest BCUT2D eigenvalue weighted by atomic mass is 32.1. The first kappa shape index (κ1) is 7.82. The van der Waals surface area contributed by atoms with Gasteiger partial charge in [0.25, 0.3) is 0 Å². The third kappa shape index (κ3) is 2.54. The topological polar surface area (TPSA) is 12.0 Å². The Morgan fingerprint density at radius 3 is 2.50 bits per heavy atom.